The summed E-state index contributed by atoms with van der Waals surface area (Å²) < 4.78 is 5.42. The number of aromatic nitrogens is 1. The van der Waals surface area contributed by atoms with Crippen LogP contribution in [0.2, 0.25) is 0 Å². The molecule has 0 aliphatic carbocycles. The lowest BCUT2D eigenvalue weighted by Crippen LogP contribution is -2.35. The Balaban J connectivity index is 1.35. The van der Waals surface area contributed by atoms with Gasteiger partial charge in [-0.25, -0.2) is 4.98 Å². The van der Waals surface area contributed by atoms with Crippen molar-refractivity contribution in [3.63, 3.8) is 0 Å². The van der Waals surface area contributed by atoms with E-state index in [1.165, 1.54) is 5.56 Å². The molecular weight excluding hydrogens is 414 g/mol. The maximum atomic E-state index is 12.8. The van der Waals surface area contributed by atoms with E-state index in [2.05, 4.69) is 39.5 Å². The van der Waals surface area contributed by atoms with Gasteiger partial charge in [0, 0.05) is 42.2 Å². The molecule has 0 spiro atoms. The van der Waals surface area contributed by atoms with Crippen LogP contribution in [-0.4, -0.2) is 42.1 Å². The Morgan fingerprint density at radius 1 is 1.13 bits per heavy atom. The van der Waals surface area contributed by atoms with E-state index in [4.69, 9.17) is 4.74 Å². The van der Waals surface area contributed by atoms with E-state index >= 15 is 0 Å². The van der Waals surface area contributed by atoms with Gasteiger partial charge in [-0.15, -0.1) is 23.1 Å². The second-order valence-corrected chi connectivity index (χ2v) is 8.89. The second kappa shape index (κ2) is 10.7. The topological polar surface area (TPSA) is 54.5 Å². The third-order valence-corrected chi connectivity index (χ3v) is 6.69. The highest BCUT2D eigenvalue weighted by Crippen LogP contribution is 2.26. The fourth-order valence-corrected chi connectivity index (χ4v) is 4.99. The van der Waals surface area contributed by atoms with Gasteiger partial charge in [-0.1, -0.05) is 36.4 Å². The molecule has 5 nitrogen and oxygen atoms in total. The number of benzene rings is 2. The first-order valence-corrected chi connectivity index (χ1v) is 12.0. The van der Waals surface area contributed by atoms with Gasteiger partial charge >= 0.3 is 0 Å². The van der Waals surface area contributed by atoms with Crippen molar-refractivity contribution < 1.29 is 9.53 Å². The first kappa shape index (κ1) is 21.1. The summed E-state index contributed by atoms with van der Waals surface area (Å²) in [5.74, 6) is 0.715. The Hall–Kier alpha value is -2.19. The molecule has 156 valence electrons. The van der Waals surface area contributed by atoms with Gasteiger partial charge in [0.05, 0.1) is 30.0 Å². The van der Waals surface area contributed by atoms with Crippen LogP contribution in [0.5, 0.6) is 0 Å². The lowest BCUT2D eigenvalue weighted by molar-refractivity contribution is 0.0342. The van der Waals surface area contributed by atoms with Gasteiger partial charge in [-0.05, 0) is 23.3 Å². The number of nitrogens with zero attached hydrogens (tertiary/aromatic N) is 2. The molecule has 7 heteroatoms. The molecule has 2 heterocycles. The molecule has 0 radical (unpaired) electrons. The molecule has 0 bridgehead atoms. The zero-order chi connectivity index (χ0) is 20.6. The second-order valence-electron chi connectivity index (χ2n) is 7.16. The Morgan fingerprint density at radius 2 is 1.97 bits per heavy atom. The molecule has 30 heavy (non-hydrogen) atoms. The van der Waals surface area contributed by atoms with Gasteiger partial charge in [-0.2, -0.15) is 0 Å². The quantitative estimate of drug-likeness (QED) is 0.533. The first-order chi connectivity index (χ1) is 14.8. The van der Waals surface area contributed by atoms with Crippen molar-refractivity contribution in [3.8, 4) is 0 Å². The fraction of sp³-hybridized carbons (Fsp3) is 0.304. The number of hydrogen-bond donors (Lipinski definition) is 1. The van der Waals surface area contributed by atoms with E-state index in [-0.39, 0.29) is 5.91 Å². The molecule has 0 atom stereocenters. The van der Waals surface area contributed by atoms with Crippen LogP contribution in [-0.2, 0) is 23.6 Å². The average molecular weight is 440 g/mol. The van der Waals surface area contributed by atoms with Crippen LogP contribution in [0.3, 0.4) is 0 Å². The Labute approximate surface area is 185 Å². The minimum atomic E-state index is -0.0463. The summed E-state index contributed by atoms with van der Waals surface area (Å²) in [6, 6.07) is 16.2. The zero-order valence-electron chi connectivity index (χ0n) is 16.8. The molecule has 1 amide bonds. The van der Waals surface area contributed by atoms with Crippen LogP contribution in [0.15, 0.2) is 64.3 Å². The van der Waals surface area contributed by atoms with Gasteiger partial charge < -0.3 is 10.1 Å². The van der Waals surface area contributed by atoms with Crippen LogP contribution in [0.25, 0.3) is 0 Å². The number of carbonyl (C=O) groups is 1. The van der Waals surface area contributed by atoms with Gasteiger partial charge in [0.1, 0.15) is 0 Å². The molecule has 2 aromatic carbocycles. The van der Waals surface area contributed by atoms with Crippen LogP contribution < -0.4 is 5.32 Å². The van der Waals surface area contributed by atoms with Crippen molar-refractivity contribution >= 4 is 29.0 Å². The number of hydrogen-bond acceptors (Lipinski definition) is 6. The van der Waals surface area contributed by atoms with Crippen molar-refractivity contribution in [2.75, 3.05) is 26.3 Å². The summed E-state index contributed by atoms with van der Waals surface area (Å²) in [6.45, 7) is 4.97. The molecule has 1 N–H and O–H groups in total. The molecule has 1 fully saturated rings. The summed E-state index contributed by atoms with van der Waals surface area (Å²) >= 11 is 3.23. The molecule has 1 aromatic heterocycles. The normalized spacial score (nSPS) is 14.5. The summed E-state index contributed by atoms with van der Waals surface area (Å²) in [5.41, 5.74) is 5.96. The molecular formula is C23H25N3O2S2. The highest BCUT2D eigenvalue weighted by molar-refractivity contribution is 7.98. The highest BCUT2D eigenvalue weighted by atomic mass is 32.2. The number of thioether (sulfide) groups is 1. The molecule has 0 unspecified atom stereocenters. The zero-order valence-corrected chi connectivity index (χ0v) is 18.4. The van der Waals surface area contributed by atoms with Gasteiger partial charge in [0.25, 0.3) is 5.91 Å². The lowest BCUT2D eigenvalue weighted by Gasteiger charge is -2.26. The lowest BCUT2D eigenvalue weighted by atomic mass is 10.1. The number of amides is 1. The van der Waals surface area contributed by atoms with E-state index in [9.17, 15) is 4.79 Å². The number of rotatable bonds is 8. The summed E-state index contributed by atoms with van der Waals surface area (Å²) in [7, 11) is 0. The van der Waals surface area contributed by atoms with Crippen LogP contribution >= 0.6 is 23.1 Å². The molecule has 3 aromatic rings. The molecule has 1 saturated heterocycles. The molecule has 0 saturated carbocycles. The van der Waals surface area contributed by atoms with Crippen LogP contribution in [0, 0.1) is 0 Å². The Bertz CT molecular complexity index is 957. The van der Waals surface area contributed by atoms with E-state index in [1.807, 2.05) is 35.2 Å². The SMILES string of the molecule is O=C(NCc1cccc(CN2CCOCC2)c1)c1ccccc1SCc1cscn1. The van der Waals surface area contributed by atoms with Gasteiger partial charge in [0.15, 0.2) is 0 Å². The maximum Gasteiger partial charge on any atom is 0.252 e. The maximum absolute atomic E-state index is 12.8. The minimum absolute atomic E-state index is 0.0463. The van der Waals surface area contributed by atoms with Crippen molar-refractivity contribution in [2.24, 2.45) is 0 Å². The number of nitrogens with one attached hydrogen (secondary N) is 1. The standard InChI is InChI=1S/C23H25N3O2S2/c27-23(21-6-1-2-7-22(21)30-16-20-15-29-17-25-20)24-13-18-4-3-5-19(12-18)14-26-8-10-28-11-9-26/h1-7,12,15,17H,8-11,13-14,16H2,(H,24,27). The monoisotopic (exact) mass is 439 g/mol. The van der Waals surface area contributed by atoms with Gasteiger partial charge in [0.2, 0.25) is 0 Å². The van der Waals surface area contributed by atoms with Crippen LogP contribution in [0.4, 0.5) is 0 Å². The van der Waals surface area contributed by atoms with Crippen molar-refractivity contribution in [1.29, 1.82) is 0 Å². The first-order valence-electron chi connectivity index (χ1n) is 10.0. The van der Waals surface area contributed by atoms with Gasteiger partial charge in [-0.3, -0.25) is 9.69 Å². The van der Waals surface area contributed by atoms with Crippen molar-refractivity contribution in [3.05, 3.63) is 81.8 Å². The third-order valence-electron chi connectivity index (χ3n) is 4.95. The smallest absolute Gasteiger partial charge is 0.252 e. The molecule has 1 aliphatic heterocycles. The largest absolute Gasteiger partial charge is 0.379 e. The number of morpholine rings is 1. The van der Waals surface area contributed by atoms with Crippen molar-refractivity contribution in [2.45, 2.75) is 23.7 Å². The summed E-state index contributed by atoms with van der Waals surface area (Å²) in [4.78, 5) is 20.5. The number of ether oxygens (including phenoxy) is 1. The Kier molecular flexibility index (Phi) is 7.53. The molecule has 1 aliphatic rings. The van der Waals surface area contributed by atoms with E-state index in [0.717, 1.165) is 54.8 Å². The number of carbonyl (C=O) groups excluding carboxylic acids is 1. The van der Waals surface area contributed by atoms with E-state index in [1.54, 1.807) is 23.1 Å². The summed E-state index contributed by atoms with van der Waals surface area (Å²) in [6.07, 6.45) is 0. The average Bonchev–Trinajstić information content (AvgIpc) is 3.31. The minimum Gasteiger partial charge on any atom is -0.379 e. The van der Waals surface area contributed by atoms with Crippen molar-refractivity contribution in [1.82, 2.24) is 15.2 Å². The Morgan fingerprint density at radius 3 is 2.80 bits per heavy atom. The predicted octanol–water partition coefficient (Wildman–Crippen LogP) is 4.20. The third kappa shape index (κ3) is 5.92. The molecule has 4 rings (SSSR count). The van der Waals surface area contributed by atoms with E-state index in [0.29, 0.717) is 12.1 Å². The van der Waals surface area contributed by atoms with Crippen LogP contribution in [0.1, 0.15) is 27.2 Å². The highest BCUT2D eigenvalue weighted by Gasteiger charge is 2.13. The van der Waals surface area contributed by atoms with E-state index < -0.39 is 0 Å². The predicted molar refractivity (Wildman–Crippen MR) is 122 cm³/mol. The fourth-order valence-electron chi connectivity index (χ4n) is 3.37. The summed E-state index contributed by atoms with van der Waals surface area (Å²) in [5, 5.41) is 5.12. The number of thiazole rings is 1.